The Labute approximate surface area is 145 Å². The van der Waals surface area contributed by atoms with E-state index in [-0.39, 0.29) is 18.6 Å². The smallest absolute Gasteiger partial charge is 0.258 e. The van der Waals surface area contributed by atoms with Crippen molar-refractivity contribution in [3.8, 4) is 5.75 Å². The van der Waals surface area contributed by atoms with Gasteiger partial charge in [-0.3, -0.25) is 4.79 Å². The van der Waals surface area contributed by atoms with Crippen LogP contribution < -0.4 is 10.1 Å². The van der Waals surface area contributed by atoms with Crippen molar-refractivity contribution in [3.05, 3.63) is 64.7 Å². The highest BCUT2D eigenvalue weighted by Gasteiger charge is 2.13. The Kier molecular flexibility index (Phi) is 6.02. The van der Waals surface area contributed by atoms with E-state index in [0.717, 1.165) is 22.4 Å². The molecule has 0 fully saturated rings. The molecule has 0 radical (unpaired) electrons. The highest BCUT2D eigenvalue weighted by molar-refractivity contribution is 5.78. The minimum atomic E-state index is -0.109. The summed E-state index contributed by atoms with van der Waals surface area (Å²) >= 11 is 0. The van der Waals surface area contributed by atoms with Gasteiger partial charge in [0.1, 0.15) is 5.75 Å². The molecule has 0 saturated carbocycles. The van der Waals surface area contributed by atoms with Crippen LogP contribution in [0.4, 0.5) is 0 Å². The Bertz CT molecular complexity index is 707. The third-order valence-corrected chi connectivity index (χ3v) is 4.18. The highest BCUT2D eigenvalue weighted by Crippen LogP contribution is 2.27. The summed E-state index contributed by atoms with van der Waals surface area (Å²) in [6.07, 6.45) is 0. The van der Waals surface area contributed by atoms with Crippen LogP contribution in [0.3, 0.4) is 0 Å². The number of benzene rings is 2. The summed E-state index contributed by atoms with van der Waals surface area (Å²) in [6, 6.07) is 14.2. The van der Waals surface area contributed by atoms with Crippen LogP contribution in [0.2, 0.25) is 0 Å². The zero-order chi connectivity index (χ0) is 17.7. The van der Waals surface area contributed by atoms with Crippen molar-refractivity contribution in [1.29, 1.82) is 0 Å². The first-order valence-corrected chi connectivity index (χ1v) is 8.46. The van der Waals surface area contributed by atoms with E-state index >= 15 is 0 Å². The average molecular weight is 325 g/mol. The lowest BCUT2D eigenvalue weighted by Crippen LogP contribution is -2.31. The molecule has 3 nitrogen and oxygen atoms in total. The molecule has 0 spiro atoms. The monoisotopic (exact) mass is 325 g/mol. The van der Waals surface area contributed by atoms with Gasteiger partial charge in [0.2, 0.25) is 0 Å². The van der Waals surface area contributed by atoms with Gasteiger partial charge in [0.25, 0.3) is 5.91 Å². The van der Waals surface area contributed by atoms with Crippen molar-refractivity contribution in [2.75, 3.05) is 6.61 Å². The number of hydrogen-bond acceptors (Lipinski definition) is 2. The minimum absolute atomic E-state index is 0.0272. The van der Waals surface area contributed by atoms with E-state index in [9.17, 15) is 4.79 Å². The van der Waals surface area contributed by atoms with Crippen molar-refractivity contribution in [3.63, 3.8) is 0 Å². The van der Waals surface area contributed by atoms with E-state index in [1.165, 1.54) is 5.56 Å². The van der Waals surface area contributed by atoms with Gasteiger partial charge in [0, 0.05) is 0 Å². The molecular weight excluding hydrogens is 298 g/mol. The minimum Gasteiger partial charge on any atom is -0.483 e. The van der Waals surface area contributed by atoms with Gasteiger partial charge >= 0.3 is 0 Å². The Morgan fingerprint density at radius 1 is 1.04 bits per heavy atom. The van der Waals surface area contributed by atoms with Gasteiger partial charge in [-0.2, -0.15) is 0 Å². The first-order chi connectivity index (χ1) is 11.4. The first kappa shape index (κ1) is 18.1. The highest BCUT2D eigenvalue weighted by atomic mass is 16.5. The zero-order valence-electron chi connectivity index (χ0n) is 15.2. The summed E-state index contributed by atoms with van der Waals surface area (Å²) in [5, 5.41) is 3.01. The van der Waals surface area contributed by atoms with Gasteiger partial charge in [-0.05, 0) is 55.0 Å². The second-order valence-electron chi connectivity index (χ2n) is 6.63. The lowest BCUT2D eigenvalue weighted by Gasteiger charge is -2.18. The maximum Gasteiger partial charge on any atom is 0.258 e. The Hall–Kier alpha value is -2.29. The summed E-state index contributed by atoms with van der Waals surface area (Å²) in [5.74, 6) is 1.04. The van der Waals surface area contributed by atoms with Crippen LogP contribution in [-0.4, -0.2) is 12.5 Å². The number of hydrogen-bond donors (Lipinski definition) is 1. The fraction of sp³-hybridized carbons (Fsp3) is 0.381. The molecule has 0 heterocycles. The van der Waals surface area contributed by atoms with Crippen LogP contribution in [0.5, 0.6) is 5.75 Å². The van der Waals surface area contributed by atoms with Gasteiger partial charge < -0.3 is 10.1 Å². The van der Waals surface area contributed by atoms with Gasteiger partial charge in [-0.1, -0.05) is 50.2 Å². The van der Waals surface area contributed by atoms with Crippen LogP contribution >= 0.6 is 0 Å². The first-order valence-electron chi connectivity index (χ1n) is 8.46. The molecule has 0 aromatic heterocycles. The van der Waals surface area contributed by atoms with E-state index in [2.05, 4.69) is 44.3 Å². The molecule has 0 bridgehead atoms. The summed E-state index contributed by atoms with van der Waals surface area (Å²) in [4.78, 5) is 12.2. The summed E-state index contributed by atoms with van der Waals surface area (Å²) in [5.41, 5.74) is 4.56. The molecule has 1 atom stereocenters. The molecule has 24 heavy (non-hydrogen) atoms. The molecule has 0 saturated heterocycles. The van der Waals surface area contributed by atoms with Crippen LogP contribution in [0.1, 0.15) is 55.0 Å². The Morgan fingerprint density at radius 3 is 2.42 bits per heavy atom. The summed E-state index contributed by atoms with van der Waals surface area (Å²) in [6.45, 7) is 10.3. The normalized spacial score (nSPS) is 12.1. The lowest BCUT2D eigenvalue weighted by molar-refractivity contribution is -0.123. The second-order valence-corrected chi connectivity index (χ2v) is 6.63. The summed E-state index contributed by atoms with van der Waals surface area (Å²) in [7, 11) is 0. The van der Waals surface area contributed by atoms with E-state index < -0.39 is 0 Å². The van der Waals surface area contributed by atoms with Crippen LogP contribution in [0.25, 0.3) is 0 Å². The molecule has 0 aliphatic carbocycles. The number of rotatable bonds is 6. The van der Waals surface area contributed by atoms with Crippen molar-refractivity contribution in [2.24, 2.45) is 0 Å². The molecular formula is C21H27NO2. The second kappa shape index (κ2) is 8.00. The predicted octanol–water partition coefficient (Wildman–Crippen LogP) is 4.68. The number of nitrogens with one attached hydrogen (secondary N) is 1. The number of ether oxygens (including phenoxy) is 1. The number of carbonyl (C=O) groups is 1. The van der Waals surface area contributed by atoms with E-state index in [1.54, 1.807) is 0 Å². The zero-order valence-corrected chi connectivity index (χ0v) is 15.2. The van der Waals surface area contributed by atoms with Crippen molar-refractivity contribution in [2.45, 2.75) is 46.6 Å². The van der Waals surface area contributed by atoms with Crippen molar-refractivity contribution < 1.29 is 9.53 Å². The van der Waals surface area contributed by atoms with E-state index in [1.807, 2.05) is 38.1 Å². The summed E-state index contributed by atoms with van der Waals surface area (Å²) < 4.78 is 5.80. The molecule has 3 heteroatoms. The lowest BCUT2D eigenvalue weighted by atomic mass is 10.0. The van der Waals surface area contributed by atoms with Gasteiger partial charge in [-0.15, -0.1) is 0 Å². The average Bonchev–Trinajstić information content (AvgIpc) is 2.53. The molecule has 1 amide bonds. The number of carbonyl (C=O) groups excluding carboxylic acids is 1. The van der Waals surface area contributed by atoms with Gasteiger partial charge in [-0.25, -0.2) is 0 Å². The number of amides is 1. The SMILES string of the molecule is Cc1ccc(C(C)C)c(OCC(=O)N[C@H](C)c2ccccc2C)c1. The Balaban J connectivity index is 1.99. The Morgan fingerprint density at radius 2 is 1.75 bits per heavy atom. The quantitative estimate of drug-likeness (QED) is 0.837. The molecule has 2 aromatic carbocycles. The predicted molar refractivity (Wildman–Crippen MR) is 98.5 cm³/mol. The number of aryl methyl sites for hydroxylation is 2. The molecule has 2 rings (SSSR count). The maximum absolute atomic E-state index is 12.2. The third-order valence-electron chi connectivity index (χ3n) is 4.18. The molecule has 0 aliphatic rings. The molecule has 0 unspecified atom stereocenters. The molecule has 0 aliphatic heterocycles. The van der Waals surface area contributed by atoms with Crippen LogP contribution in [-0.2, 0) is 4.79 Å². The fourth-order valence-corrected chi connectivity index (χ4v) is 2.82. The van der Waals surface area contributed by atoms with Crippen LogP contribution in [0, 0.1) is 13.8 Å². The molecule has 2 aromatic rings. The third kappa shape index (κ3) is 4.60. The largest absolute Gasteiger partial charge is 0.483 e. The van der Waals surface area contributed by atoms with Gasteiger partial charge in [0.15, 0.2) is 6.61 Å². The van der Waals surface area contributed by atoms with E-state index in [0.29, 0.717) is 5.92 Å². The molecule has 1 N–H and O–H groups in total. The fourth-order valence-electron chi connectivity index (χ4n) is 2.82. The topological polar surface area (TPSA) is 38.3 Å². The maximum atomic E-state index is 12.2. The molecule has 128 valence electrons. The van der Waals surface area contributed by atoms with Crippen LogP contribution in [0.15, 0.2) is 42.5 Å². The van der Waals surface area contributed by atoms with Gasteiger partial charge in [0.05, 0.1) is 6.04 Å². The van der Waals surface area contributed by atoms with Crippen molar-refractivity contribution in [1.82, 2.24) is 5.32 Å². The standard InChI is InChI=1S/C21H27NO2/c1-14(2)18-11-10-15(3)12-20(18)24-13-21(23)22-17(5)19-9-7-6-8-16(19)4/h6-12,14,17H,13H2,1-5H3,(H,22,23)/t17-/m1/s1. The van der Waals surface area contributed by atoms with E-state index in [4.69, 9.17) is 4.74 Å². The van der Waals surface area contributed by atoms with Crippen molar-refractivity contribution >= 4 is 5.91 Å².